The number of fused-ring (bicyclic) bond motifs is 1. The van der Waals surface area contributed by atoms with E-state index < -0.39 is 17.8 Å². The van der Waals surface area contributed by atoms with Gasteiger partial charge in [0.25, 0.3) is 0 Å². The fraction of sp³-hybridized carbons (Fsp3) is 0.294. The average Bonchev–Trinajstić information content (AvgIpc) is 2.53. The summed E-state index contributed by atoms with van der Waals surface area (Å²) in [4.78, 5) is 18.5. The number of carbonyl (C=O) groups excluding carboxylic acids is 1. The molecule has 0 radical (unpaired) electrons. The average molecular weight is 387 g/mol. The van der Waals surface area contributed by atoms with Crippen LogP contribution in [0.1, 0.15) is 16.8 Å². The Morgan fingerprint density at radius 1 is 1.19 bits per heavy atom. The monoisotopic (exact) mass is 386 g/mol. The predicted octanol–water partition coefficient (Wildman–Crippen LogP) is 4.15. The molecule has 2 amide bonds. The second-order valence-electron chi connectivity index (χ2n) is 5.98. The molecule has 1 aromatic heterocycles. The van der Waals surface area contributed by atoms with Crippen LogP contribution in [-0.2, 0) is 19.1 Å². The van der Waals surface area contributed by atoms with Crippen molar-refractivity contribution in [3.8, 4) is 0 Å². The molecular weight excluding hydrogens is 369 g/mol. The van der Waals surface area contributed by atoms with Gasteiger partial charge in [0.2, 0.25) is 0 Å². The number of likely N-dealkylation sites (N-methyl/N-ethyl adjacent to an activating group) is 1. The molecule has 0 unspecified atom stereocenters. The van der Waals surface area contributed by atoms with Gasteiger partial charge in [0.1, 0.15) is 0 Å². The lowest BCUT2D eigenvalue weighted by atomic mass is 10.1. The van der Waals surface area contributed by atoms with E-state index in [9.17, 15) is 18.0 Å². The maximum atomic E-state index is 12.7. The van der Waals surface area contributed by atoms with Gasteiger partial charge in [-0.05, 0) is 36.9 Å². The van der Waals surface area contributed by atoms with Crippen LogP contribution in [0.5, 0.6) is 0 Å². The number of rotatable bonds is 2. The highest BCUT2D eigenvalue weighted by Gasteiger charge is 2.30. The van der Waals surface area contributed by atoms with E-state index >= 15 is 0 Å². The minimum absolute atomic E-state index is 0. The number of urea groups is 1. The molecule has 0 saturated carbocycles. The van der Waals surface area contributed by atoms with E-state index in [0.717, 1.165) is 42.9 Å². The Bertz CT molecular complexity index is 798. The number of benzene rings is 1. The number of nitrogens with zero attached hydrogens (tertiary/aromatic N) is 2. The smallest absolute Gasteiger partial charge is 0.308 e. The second-order valence-corrected chi connectivity index (χ2v) is 5.98. The van der Waals surface area contributed by atoms with Crippen LogP contribution in [-0.4, -0.2) is 29.5 Å². The fourth-order valence-corrected chi connectivity index (χ4v) is 2.70. The molecule has 9 heteroatoms. The topological polar surface area (TPSA) is 57.3 Å². The zero-order valence-corrected chi connectivity index (χ0v) is 14.7. The molecule has 1 aliphatic heterocycles. The van der Waals surface area contributed by atoms with Gasteiger partial charge in [-0.25, -0.2) is 4.79 Å². The van der Waals surface area contributed by atoms with Crippen molar-refractivity contribution in [2.75, 3.05) is 24.2 Å². The second kappa shape index (κ2) is 7.92. The molecule has 2 aromatic rings. The molecule has 26 heavy (non-hydrogen) atoms. The Morgan fingerprint density at radius 2 is 1.92 bits per heavy atom. The minimum Gasteiger partial charge on any atom is -0.308 e. The summed E-state index contributed by atoms with van der Waals surface area (Å²) >= 11 is 0. The maximum Gasteiger partial charge on any atom is 0.416 e. The summed E-state index contributed by atoms with van der Waals surface area (Å²) in [5, 5.41) is 5.00. The number of nitrogens with one attached hydrogen (secondary N) is 2. The van der Waals surface area contributed by atoms with Gasteiger partial charge >= 0.3 is 12.2 Å². The van der Waals surface area contributed by atoms with Gasteiger partial charge < -0.3 is 15.5 Å². The third-order valence-electron chi connectivity index (χ3n) is 3.94. The lowest BCUT2D eigenvalue weighted by molar-refractivity contribution is -0.137. The van der Waals surface area contributed by atoms with Crippen LogP contribution in [0.15, 0.2) is 36.5 Å². The third kappa shape index (κ3) is 4.86. The van der Waals surface area contributed by atoms with Gasteiger partial charge in [-0.2, -0.15) is 13.2 Å². The van der Waals surface area contributed by atoms with E-state index in [4.69, 9.17) is 0 Å². The lowest BCUT2D eigenvalue weighted by Gasteiger charge is -2.24. The van der Waals surface area contributed by atoms with E-state index in [0.29, 0.717) is 5.69 Å². The first-order chi connectivity index (χ1) is 11.8. The van der Waals surface area contributed by atoms with Crippen molar-refractivity contribution in [2.24, 2.45) is 0 Å². The molecule has 3 rings (SSSR count). The van der Waals surface area contributed by atoms with Gasteiger partial charge in [-0.3, -0.25) is 4.98 Å². The molecule has 0 bridgehead atoms. The van der Waals surface area contributed by atoms with Crippen molar-refractivity contribution in [1.29, 1.82) is 0 Å². The summed E-state index contributed by atoms with van der Waals surface area (Å²) in [6.45, 7) is 1.68. The van der Waals surface area contributed by atoms with Crippen molar-refractivity contribution in [3.05, 3.63) is 53.3 Å². The van der Waals surface area contributed by atoms with Gasteiger partial charge in [0.15, 0.2) is 0 Å². The molecule has 1 aromatic carbocycles. The molecule has 1 aliphatic rings. The van der Waals surface area contributed by atoms with Crippen molar-refractivity contribution >= 4 is 29.8 Å². The van der Waals surface area contributed by atoms with Crippen molar-refractivity contribution < 1.29 is 18.0 Å². The van der Waals surface area contributed by atoms with Crippen LogP contribution in [0, 0.1) is 0 Å². The molecule has 5 nitrogen and oxygen atoms in total. The van der Waals surface area contributed by atoms with Gasteiger partial charge in [-0.15, -0.1) is 12.4 Å². The minimum atomic E-state index is -4.46. The molecule has 0 aliphatic carbocycles. The Morgan fingerprint density at radius 3 is 2.65 bits per heavy atom. The summed E-state index contributed by atoms with van der Waals surface area (Å²) in [5.41, 5.74) is 1.79. The standard InChI is InChI=1S/C17H17F3N4O.ClH/c1-24-6-5-15-11(10-24)7-14(9-21-15)23-16(25)22-13-4-2-3-12(8-13)17(18,19)20;/h2-4,7-9H,5-6,10H2,1H3,(H2,22,23,25);1H. The van der Waals surface area contributed by atoms with Crippen molar-refractivity contribution in [3.63, 3.8) is 0 Å². The van der Waals surface area contributed by atoms with E-state index in [1.54, 1.807) is 6.20 Å². The highest BCUT2D eigenvalue weighted by atomic mass is 35.5. The summed E-state index contributed by atoms with van der Waals surface area (Å²) in [7, 11) is 2.00. The zero-order valence-electron chi connectivity index (χ0n) is 13.9. The van der Waals surface area contributed by atoms with Crippen molar-refractivity contribution in [1.82, 2.24) is 9.88 Å². The first-order valence-corrected chi connectivity index (χ1v) is 7.73. The van der Waals surface area contributed by atoms with E-state index in [1.165, 1.54) is 12.1 Å². The van der Waals surface area contributed by atoms with E-state index in [-0.39, 0.29) is 18.1 Å². The van der Waals surface area contributed by atoms with Crippen LogP contribution in [0.3, 0.4) is 0 Å². The van der Waals surface area contributed by atoms with Crippen LogP contribution in [0.4, 0.5) is 29.3 Å². The SMILES string of the molecule is CN1CCc2ncc(NC(=O)Nc3cccc(C(F)(F)F)c3)cc2C1.Cl. The molecule has 0 saturated heterocycles. The third-order valence-corrected chi connectivity index (χ3v) is 3.94. The first-order valence-electron chi connectivity index (χ1n) is 7.73. The molecule has 2 heterocycles. The van der Waals surface area contributed by atoms with Gasteiger partial charge in [0, 0.05) is 30.9 Å². The molecule has 0 spiro atoms. The largest absolute Gasteiger partial charge is 0.416 e. The number of halogens is 4. The van der Waals surface area contributed by atoms with Crippen LogP contribution >= 0.6 is 12.4 Å². The number of alkyl halides is 3. The number of anilines is 2. The summed E-state index contributed by atoms with van der Waals surface area (Å²) < 4.78 is 38.1. The summed E-state index contributed by atoms with van der Waals surface area (Å²) in [6.07, 6.45) is -2.05. The number of aromatic nitrogens is 1. The molecule has 140 valence electrons. The Hall–Kier alpha value is -2.32. The zero-order chi connectivity index (χ0) is 18.0. The first kappa shape index (κ1) is 20.0. The van der Waals surface area contributed by atoms with Crippen LogP contribution in [0.25, 0.3) is 0 Å². The normalized spacial score (nSPS) is 14.2. The number of pyridine rings is 1. The Labute approximate surface area is 155 Å². The van der Waals surface area contributed by atoms with Gasteiger partial charge in [0.05, 0.1) is 17.4 Å². The number of amides is 2. The lowest BCUT2D eigenvalue weighted by Crippen LogP contribution is -2.27. The Balaban J connectivity index is 0.00000243. The molecular formula is C17H18ClF3N4O. The van der Waals surface area contributed by atoms with E-state index in [2.05, 4.69) is 20.5 Å². The fourth-order valence-electron chi connectivity index (χ4n) is 2.70. The van der Waals surface area contributed by atoms with Crippen molar-refractivity contribution in [2.45, 2.75) is 19.1 Å². The van der Waals surface area contributed by atoms with Gasteiger partial charge in [-0.1, -0.05) is 6.07 Å². The number of carbonyl (C=O) groups is 1. The molecule has 2 N–H and O–H groups in total. The molecule has 0 atom stereocenters. The maximum absolute atomic E-state index is 12.7. The van der Waals surface area contributed by atoms with E-state index in [1.807, 2.05) is 13.1 Å². The summed E-state index contributed by atoms with van der Waals surface area (Å²) in [6, 6.07) is 5.70. The highest BCUT2D eigenvalue weighted by Crippen LogP contribution is 2.30. The predicted molar refractivity (Wildman–Crippen MR) is 95.6 cm³/mol. The van der Waals surface area contributed by atoms with Crippen LogP contribution < -0.4 is 10.6 Å². The molecule has 0 fully saturated rings. The van der Waals surface area contributed by atoms with Crippen LogP contribution in [0.2, 0.25) is 0 Å². The highest BCUT2D eigenvalue weighted by molar-refractivity contribution is 5.99. The Kier molecular flexibility index (Phi) is 6.09. The number of hydrogen-bond donors (Lipinski definition) is 2. The summed E-state index contributed by atoms with van der Waals surface area (Å²) in [5.74, 6) is 0. The number of hydrogen-bond acceptors (Lipinski definition) is 3. The quantitative estimate of drug-likeness (QED) is 0.815.